The highest BCUT2D eigenvalue weighted by molar-refractivity contribution is 5.87. The zero-order chi connectivity index (χ0) is 15.0. The van der Waals surface area contributed by atoms with E-state index in [2.05, 4.69) is 6.92 Å². The van der Waals surface area contributed by atoms with Gasteiger partial charge in [-0.3, -0.25) is 4.79 Å². The molecule has 1 aromatic carbocycles. The standard InChI is InChI=1S/C16H22O4/c1-3-4-5-6-11-20-16(19)12(2)13-7-9-14(10-8-13)15(17)18/h7-10,12H,3-6,11H2,1-2H3,(H,17,18)/t12-/m0/s1. The molecule has 1 rings (SSSR count). The molecule has 20 heavy (non-hydrogen) atoms. The van der Waals surface area contributed by atoms with Gasteiger partial charge in [0.25, 0.3) is 0 Å². The fourth-order valence-corrected chi connectivity index (χ4v) is 1.88. The van der Waals surface area contributed by atoms with Crippen LogP contribution in [0.1, 0.15) is 61.4 Å². The number of rotatable bonds is 8. The number of esters is 1. The van der Waals surface area contributed by atoms with Crippen LogP contribution in [0, 0.1) is 0 Å². The highest BCUT2D eigenvalue weighted by Crippen LogP contribution is 2.18. The first-order valence-corrected chi connectivity index (χ1v) is 7.06. The molecule has 0 saturated heterocycles. The van der Waals surface area contributed by atoms with Crippen molar-refractivity contribution in [2.24, 2.45) is 0 Å². The molecule has 4 heteroatoms. The fraction of sp³-hybridized carbons (Fsp3) is 0.500. The zero-order valence-corrected chi connectivity index (χ0v) is 12.1. The lowest BCUT2D eigenvalue weighted by Gasteiger charge is -2.12. The van der Waals surface area contributed by atoms with Gasteiger partial charge in [0.15, 0.2) is 0 Å². The van der Waals surface area contributed by atoms with Gasteiger partial charge >= 0.3 is 11.9 Å². The minimum Gasteiger partial charge on any atom is -0.478 e. The van der Waals surface area contributed by atoms with Gasteiger partial charge in [0.1, 0.15) is 0 Å². The van der Waals surface area contributed by atoms with Gasteiger partial charge in [0.2, 0.25) is 0 Å². The molecule has 0 aliphatic heterocycles. The van der Waals surface area contributed by atoms with Crippen LogP contribution in [0.5, 0.6) is 0 Å². The van der Waals surface area contributed by atoms with Crippen LogP contribution in [0.2, 0.25) is 0 Å². The third-order valence-electron chi connectivity index (χ3n) is 3.25. The number of aromatic carboxylic acids is 1. The van der Waals surface area contributed by atoms with Crippen molar-refractivity contribution in [3.05, 3.63) is 35.4 Å². The van der Waals surface area contributed by atoms with Gasteiger partial charge in [-0.05, 0) is 31.0 Å². The van der Waals surface area contributed by atoms with Crippen molar-refractivity contribution < 1.29 is 19.4 Å². The maximum atomic E-state index is 11.9. The average Bonchev–Trinajstić information content (AvgIpc) is 2.46. The Morgan fingerprint density at radius 1 is 1.15 bits per heavy atom. The third kappa shape index (κ3) is 5.03. The molecular weight excluding hydrogens is 256 g/mol. The molecule has 4 nitrogen and oxygen atoms in total. The van der Waals surface area contributed by atoms with Crippen molar-refractivity contribution in [1.29, 1.82) is 0 Å². The number of hydrogen-bond acceptors (Lipinski definition) is 3. The van der Waals surface area contributed by atoms with E-state index >= 15 is 0 Å². The van der Waals surface area contributed by atoms with Crippen LogP contribution in [0.4, 0.5) is 0 Å². The van der Waals surface area contributed by atoms with Crippen molar-refractivity contribution in [2.45, 2.75) is 45.4 Å². The van der Waals surface area contributed by atoms with Crippen molar-refractivity contribution in [2.75, 3.05) is 6.61 Å². The molecule has 0 aliphatic rings. The summed E-state index contributed by atoms with van der Waals surface area (Å²) in [5.41, 5.74) is 0.988. The van der Waals surface area contributed by atoms with E-state index in [1.165, 1.54) is 12.1 Å². The van der Waals surface area contributed by atoms with E-state index in [1.54, 1.807) is 19.1 Å². The maximum Gasteiger partial charge on any atom is 0.335 e. The molecule has 0 unspecified atom stereocenters. The van der Waals surface area contributed by atoms with Crippen LogP contribution in [0.25, 0.3) is 0 Å². The molecule has 0 fully saturated rings. The van der Waals surface area contributed by atoms with Crippen LogP contribution < -0.4 is 0 Å². The Morgan fingerprint density at radius 2 is 1.80 bits per heavy atom. The summed E-state index contributed by atoms with van der Waals surface area (Å²) in [4.78, 5) is 22.6. The predicted molar refractivity (Wildman–Crippen MR) is 76.9 cm³/mol. The summed E-state index contributed by atoms with van der Waals surface area (Å²) in [6.07, 6.45) is 4.28. The number of hydrogen-bond donors (Lipinski definition) is 1. The van der Waals surface area contributed by atoms with Gasteiger partial charge < -0.3 is 9.84 Å². The summed E-state index contributed by atoms with van der Waals surface area (Å²) >= 11 is 0. The van der Waals surface area contributed by atoms with Crippen molar-refractivity contribution in [3.8, 4) is 0 Å². The first-order chi connectivity index (χ1) is 9.56. The van der Waals surface area contributed by atoms with Crippen molar-refractivity contribution in [3.63, 3.8) is 0 Å². The number of carboxylic acid groups (broad SMARTS) is 1. The first-order valence-electron chi connectivity index (χ1n) is 7.06. The third-order valence-corrected chi connectivity index (χ3v) is 3.25. The largest absolute Gasteiger partial charge is 0.478 e. The highest BCUT2D eigenvalue weighted by atomic mass is 16.5. The molecule has 0 bridgehead atoms. The Hall–Kier alpha value is -1.84. The SMILES string of the molecule is CCCCCCOC(=O)[C@@H](C)c1ccc(C(=O)O)cc1. The molecule has 0 aromatic heterocycles. The summed E-state index contributed by atoms with van der Waals surface area (Å²) in [5, 5.41) is 8.82. The summed E-state index contributed by atoms with van der Waals surface area (Å²) < 4.78 is 5.23. The van der Waals surface area contributed by atoms with E-state index in [-0.39, 0.29) is 17.5 Å². The molecule has 0 heterocycles. The Kier molecular flexibility index (Phi) is 6.77. The number of ether oxygens (including phenoxy) is 1. The highest BCUT2D eigenvalue weighted by Gasteiger charge is 2.17. The Bertz CT molecular complexity index is 436. The van der Waals surface area contributed by atoms with Crippen molar-refractivity contribution >= 4 is 11.9 Å². The first kappa shape index (κ1) is 16.2. The fourth-order valence-electron chi connectivity index (χ4n) is 1.88. The molecule has 0 radical (unpaired) electrons. The number of carbonyl (C=O) groups excluding carboxylic acids is 1. The van der Waals surface area contributed by atoms with E-state index in [4.69, 9.17) is 9.84 Å². The molecule has 0 spiro atoms. The molecule has 0 saturated carbocycles. The van der Waals surface area contributed by atoms with Crippen molar-refractivity contribution in [1.82, 2.24) is 0 Å². The topological polar surface area (TPSA) is 63.6 Å². The number of unbranched alkanes of at least 4 members (excludes halogenated alkanes) is 3. The zero-order valence-electron chi connectivity index (χ0n) is 12.1. The lowest BCUT2D eigenvalue weighted by atomic mass is 10.00. The minimum absolute atomic E-state index is 0.217. The summed E-state index contributed by atoms with van der Waals surface area (Å²) in [6, 6.07) is 6.32. The van der Waals surface area contributed by atoms with Gasteiger partial charge in [-0.2, -0.15) is 0 Å². The minimum atomic E-state index is -0.970. The quantitative estimate of drug-likeness (QED) is 0.583. The average molecular weight is 278 g/mol. The second kappa shape index (κ2) is 8.35. The van der Waals surface area contributed by atoms with Crippen LogP contribution in [0.3, 0.4) is 0 Å². The summed E-state index contributed by atoms with van der Waals surface area (Å²) in [7, 11) is 0. The van der Waals surface area contributed by atoms with Gasteiger partial charge in [-0.25, -0.2) is 4.79 Å². The van der Waals surface area contributed by atoms with Gasteiger partial charge in [-0.15, -0.1) is 0 Å². The second-order valence-electron chi connectivity index (χ2n) is 4.88. The molecule has 1 aromatic rings. The van der Waals surface area contributed by atoms with E-state index in [0.29, 0.717) is 6.61 Å². The molecule has 0 amide bonds. The number of carboxylic acids is 1. The van der Waals surface area contributed by atoms with E-state index < -0.39 is 5.97 Å². The van der Waals surface area contributed by atoms with E-state index in [9.17, 15) is 9.59 Å². The van der Waals surface area contributed by atoms with Gasteiger partial charge in [0.05, 0.1) is 18.1 Å². The predicted octanol–water partition coefficient (Wildman–Crippen LogP) is 3.61. The molecule has 1 N–H and O–H groups in total. The van der Waals surface area contributed by atoms with E-state index in [1.807, 2.05) is 0 Å². The lowest BCUT2D eigenvalue weighted by molar-refractivity contribution is -0.145. The Labute approximate surface area is 119 Å². The molecule has 110 valence electrons. The van der Waals surface area contributed by atoms with Gasteiger partial charge in [-0.1, -0.05) is 38.3 Å². The number of carbonyl (C=O) groups is 2. The van der Waals surface area contributed by atoms with Gasteiger partial charge in [0, 0.05) is 0 Å². The monoisotopic (exact) mass is 278 g/mol. The lowest BCUT2D eigenvalue weighted by Crippen LogP contribution is -2.14. The Balaban J connectivity index is 2.45. The smallest absolute Gasteiger partial charge is 0.335 e. The second-order valence-corrected chi connectivity index (χ2v) is 4.88. The maximum absolute atomic E-state index is 11.9. The molecule has 0 aliphatic carbocycles. The van der Waals surface area contributed by atoms with Crippen LogP contribution in [-0.2, 0) is 9.53 Å². The van der Waals surface area contributed by atoms with E-state index in [0.717, 1.165) is 31.2 Å². The summed E-state index contributed by atoms with van der Waals surface area (Å²) in [6.45, 7) is 4.36. The summed E-state index contributed by atoms with van der Waals surface area (Å²) in [5.74, 6) is -1.60. The van der Waals surface area contributed by atoms with Crippen LogP contribution in [0.15, 0.2) is 24.3 Å². The Morgan fingerprint density at radius 3 is 2.35 bits per heavy atom. The normalized spacial score (nSPS) is 11.9. The molecular formula is C16H22O4. The molecule has 1 atom stereocenters. The van der Waals surface area contributed by atoms with Crippen LogP contribution in [-0.4, -0.2) is 23.7 Å². The van der Waals surface area contributed by atoms with Crippen LogP contribution >= 0.6 is 0 Å². The number of benzene rings is 1.